The molecule has 0 spiro atoms. The Morgan fingerprint density at radius 1 is 1.50 bits per heavy atom. The number of carboxylic acids is 1. The number of aliphatic carboxylic acids is 1. The van der Waals surface area contributed by atoms with Crippen molar-refractivity contribution in [2.45, 2.75) is 39.7 Å². The van der Waals surface area contributed by atoms with Crippen LogP contribution in [0.4, 0.5) is 0 Å². The van der Waals surface area contributed by atoms with Gasteiger partial charge in [-0.25, -0.2) is 0 Å². The predicted octanol–water partition coefficient (Wildman–Crippen LogP) is 1.91. The molecule has 0 radical (unpaired) electrons. The summed E-state index contributed by atoms with van der Waals surface area (Å²) in [5.41, 5.74) is 0.227. The zero-order valence-electron chi connectivity index (χ0n) is 9.04. The van der Waals surface area contributed by atoms with Crippen molar-refractivity contribution < 1.29 is 9.90 Å². The van der Waals surface area contributed by atoms with E-state index in [0.29, 0.717) is 5.92 Å². The van der Waals surface area contributed by atoms with E-state index in [1.807, 2.05) is 0 Å². The van der Waals surface area contributed by atoms with Crippen LogP contribution in [0.3, 0.4) is 0 Å². The summed E-state index contributed by atoms with van der Waals surface area (Å²) in [5.74, 6) is -0.399. The van der Waals surface area contributed by atoms with E-state index in [-0.39, 0.29) is 23.9 Å². The molecule has 0 unspecified atom stereocenters. The van der Waals surface area contributed by atoms with Gasteiger partial charge in [-0.2, -0.15) is 0 Å². The van der Waals surface area contributed by atoms with Crippen LogP contribution >= 0.6 is 12.4 Å². The van der Waals surface area contributed by atoms with Crippen LogP contribution in [0.15, 0.2) is 0 Å². The quantitative estimate of drug-likeness (QED) is 0.749. The van der Waals surface area contributed by atoms with Gasteiger partial charge in [-0.05, 0) is 30.7 Å². The summed E-state index contributed by atoms with van der Waals surface area (Å²) in [6, 6.07) is -0.320. The first-order valence-corrected chi connectivity index (χ1v) is 4.86. The Bertz CT molecular complexity index is 201. The molecule has 1 heterocycles. The zero-order chi connectivity index (χ0) is 10.1. The van der Waals surface area contributed by atoms with E-state index in [2.05, 4.69) is 26.1 Å². The number of carboxylic acid groups (broad SMARTS) is 1. The van der Waals surface area contributed by atoms with Crippen molar-refractivity contribution in [3.63, 3.8) is 0 Å². The third kappa shape index (κ3) is 3.84. The lowest BCUT2D eigenvalue weighted by Gasteiger charge is -2.25. The first kappa shape index (κ1) is 13.7. The Labute approximate surface area is 91.7 Å². The lowest BCUT2D eigenvalue weighted by molar-refractivity contribution is -0.140. The highest BCUT2D eigenvalue weighted by atomic mass is 35.5. The van der Waals surface area contributed by atoms with Gasteiger partial charge < -0.3 is 10.4 Å². The SMILES string of the molecule is CC(C)(C)C[C@H]1CCN[C@H]1C(=O)O.Cl. The molecule has 0 aromatic heterocycles. The minimum atomic E-state index is -0.702. The van der Waals surface area contributed by atoms with Gasteiger partial charge in [0.1, 0.15) is 6.04 Å². The normalized spacial score (nSPS) is 27.1. The van der Waals surface area contributed by atoms with Crippen molar-refractivity contribution in [3.05, 3.63) is 0 Å². The summed E-state index contributed by atoms with van der Waals surface area (Å²) in [4.78, 5) is 10.8. The molecule has 1 saturated heterocycles. The number of hydrogen-bond donors (Lipinski definition) is 2. The molecule has 2 atom stereocenters. The fraction of sp³-hybridized carbons (Fsp3) is 0.900. The van der Waals surface area contributed by atoms with Crippen LogP contribution in [0.2, 0.25) is 0 Å². The first-order chi connectivity index (χ1) is 5.90. The summed E-state index contributed by atoms with van der Waals surface area (Å²) in [6.45, 7) is 7.32. The molecule has 1 aliphatic rings. The van der Waals surface area contributed by atoms with Gasteiger partial charge in [-0.15, -0.1) is 12.4 Å². The van der Waals surface area contributed by atoms with Gasteiger partial charge in [0.05, 0.1) is 0 Å². The van der Waals surface area contributed by atoms with Gasteiger partial charge in [-0.3, -0.25) is 4.79 Å². The van der Waals surface area contributed by atoms with E-state index in [1.54, 1.807) is 0 Å². The van der Waals surface area contributed by atoms with Gasteiger partial charge in [0.2, 0.25) is 0 Å². The van der Waals surface area contributed by atoms with Crippen LogP contribution in [-0.2, 0) is 4.79 Å². The maximum absolute atomic E-state index is 10.8. The van der Waals surface area contributed by atoms with Crippen LogP contribution in [-0.4, -0.2) is 23.7 Å². The predicted molar refractivity (Wildman–Crippen MR) is 58.9 cm³/mol. The number of carbonyl (C=O) groups is 1. The van der Waals surface area contributed by atoms with Gasteiger partial charge in [0.15, 0.2) is 0 Å². The number of nitrogens with one attached hydrogen (secondary N) is 1. The Balaban J connectivity index is 0.00000169. The van der Waals surface area contributed by atoms with Crippen LogP contribution in [0.5, 0.6) is 0 Å². The Morgan fingerprint density at radius 2 is 2.07 bits per heavy atom. The van der Waals surface area contributed by atoms with Gasteiger partial charge in [0.25, 0.3) is 0 Å². The van der Waals surface area contributed by atoms with Crippen molar-refractivity contribution in [3.8, 4) is 0 Å². The second kappa shape index (κ2) is 4.99. The molecule has 1 rings (SSSR count). The molecule has 2 N–H and O–H groups in total. The van der Waals surface area contributed by atoms with Crippen molar-refractivity contribution >= 4 is 18.4 Å². The molecular formula is C10H20ClNO2. The van der Waals surface area contributed by atoms with Gasteiger partial charge in [0, 0.05) is 0 Å². The average Bonchev–Trinajstić information content (AvgIpc) is 2.31. The summed E-state index contributed by atoms with van der Waals surface area (Å²) < 4.78 is 0. The molecular weight excluding hydrogens is 202 g/mol. The van der Waals surface area contributed by atoms with Crippen LogP contribution < -0.4 is 5.32 Å². The fourth-order valence-corrected chi connectivity index (χ4v) is 2.05. The van der Waals surface area contributed by atoms with Crippen molar-refractivity contribution in [2.24, 2.45) is 11.3 Å². The molecule has 84 valence electrons. The van der Waals surface area contributed by atoms with Crippen molar-refractivity contribution in [1.29, 1.82) is 0 Å². The molecule has 0 aromatic carbocycles. The first-order valence-electron chi connectivity index (χ1n) is 4.86. The van der Waals surface area contributed by atoms with E-state index in [0.717, 1.165) is 19.4 Å². The highest BCUT2D eigenvalue weighted by molar-refractivity contribution is 5.85. The molecule has 0 amide bonds. The minimum absolute atomic E-state index is 0. The van der Waals surface area contributed by atoms with E-state index < -0.39 is 5.97 Å². The Hall–Kier alpha value is -0.280. The number of hydrogen-bond acceptors (Lipinski definition) is 2. The molecule has 1 fully saturated rings. The molecule has 0 bridgehead atoms. The molecule has 3 nitrogen and oxygen atoms in total. The highest BCUT2D eigenvalue weighted by Gasteiger charge is 2.34. The van der Waals surface area contributed by atoms with Gasteiger partial charge >= 0.3 is 5.97 Å². The molecule has 0 aliphatic carbocycles. The van der Waals surface area contributed by atoms with Crippen LogP contribution in [0, 0.1) is 11.3 Å². The van der Waals surface area contributed by atoms with E-state index >= 15 is 0 Å². The van der Waals surface area contributed by atoms with E-state index in [9.17, 15) is 4.79 Å². The summed E-state index contributed by atoms with van der Waals surface area (Å²) in [7, 11) is 0. The maximum Gasteiger partial charge on any atom is 0.320 e. The molecule has 1 aliphatic heterocycles. The summed E-state index contributed by atoms with van der Waals surface area (Å²) >= 11 is 0. The second-order valence-corrected chi connectivity index (χ2v) is 5.08. The van der Waals surface area contributed by atoms with Crippen molar-refractivity contribution in [2.75, 3.05) is 6.54 Å². The number of halogens is 1. The highest BCUT2D eigenvalue weighted by Crippen LogP contribution is 2.30. The largest absolute Gasteiger partial charge is 0.480 e. The van der Waals surface area contributed by atoms with Crippen LogP contribution in [0.25, 0.3) is 0 Å². The average molecular weight is 222 g/mol. The second-order valence-electron chi connectivity index (χ2n) is 5.08. The maximum atomic E-state index is 10.8. The summed E-state index contributed by atoms with van der Waals surface area (Å²) in [5, 5.41) is 11.9. The summed E-state index contributed by atoms with van der Waals surface area (Å²) in [6.07, 6.45) is 1.98. The zero-order valence-corrected chi connectivity index (χ0v) is 9.86. The van der Waals surface area contributed by atoms with E-state index in [4.69, 9.17) is 5.11 Å². The molecule has 0 aromatic rings. The fourth-order valence-electron chi connectivity index (χ4n) is 2.05. The Morgan fingerprint density at radius 3 is 2.50 bits per heavy atom. The molecule has 4 heteroatoms. The molecule has 0 saturated carbocycles. The van der Waals surface area contributed by atoms with Crippen LogP contribution in [0.1, 0.15) is 33.6 Å². The third-order valence-corrected chi connectivity index (χ3v) is 2.49. The lowest BCUT2D eigenvalue weighted by atomic mass is 9.81. The van der Waals surface area contributed by atoms with Gasteiger partial charge in [-0.1, -0.05) is 20.8 Å². The lowest BCUT2D eigenvalue weighted by Crippen LogP contribution is -2.36. The minimum Gasteiger partial charge on any atom is -0.480 e. The topological polar surface area (TPSA) is 49.3 Å². The smallest absolute Gasteiger partial charge is 0.320 e. The van der Waals surface area contributed by atoms with Crippen molar-refractivity contribution in [1.82, 2.24) is 5.32 Å². The number of rotatable bonds is 2. The monoisotopic (exact) mass is 221 g/mol. The molecule has 14 heavy (non-hydrogen) atoms. The van der Waals surface area contributed by atoms with E-state index in [1.165, 1.54) is 0 Å². The third-order valence-electron chi connectivity index (χ3n) is 2.49. The standard InChI is InChI=1S/C10H19NO2.ClH/c1-10(2,3)6-7-4-5-11-8(7)9(12)13;/h7-8,11H,4-6H2,1-3H3,(H,12,13);1H/t7-,8-;/m1./s1. The Kier molecular flexibility index (Phi) is 4.89.